The molecule has 0 aliphatic heterocycles. The van der Waals surface area contributed by atoms with Gasteiger partial charge in [-0.15, -0.1) is 0 Å². The molecule has 0 bridgehead atoms. The van der Waals surface area contributed by atoms with E-state index in [0.717, 1.165) is 10.0 Å². The van der Waals surface area contributed by atoms with Gasteiger partial charge < -0.3 is 9.67 Å². The largest absolute Gasteiger partial charge is 0.476 e. The number of imidazole rings is 1. The molecular weight excluding hydrogens is 284 g/mol. The highest BCUT2D eigenvalue weighted by atomic mass is 79.9. The summed E-state index contributed by atoms with van der Waals surface area (Å²) in [5, 5.41) is 8.85. The zero-order valence-electron chi connectivity index (χ0n) is 9.22. The first-order valence-corrected chi connectivity index (χ1v) is 5.87. The number of carbonyl (C=O) groups is 1. The second kappa shape index (κ2) is 4.71. The molecule has 1 N–H and O–H groups in total. The molecule has 4 nitrogen and oxygen atoms in total. The fraction of sp³-hybridized carbons (Fsp3) is 0.167. The van der Waals surface area contributed by atoms with Crippen LogP contribution in [-0.2, 0) is 6.54 Å². The fourth-order valence-electron chi connectivity index (χ4n) is 1.60. The quantitative estimate of drug-likeness (QED) is 0.947. The standard InChI is InChI=1S/C12H11BrN2O2/c1-8-14-11(12(16)17)7-15(8)6-9-3-2-4-10(13)5-9/h2-5,7H,6H2,1H3,(H,16,17). The molecule has 1 aromatic heterocycles. The number of rotatable bonds is 3. The van der Waals surface area contributed by atoms with Gasteiger partial charge in [-0.25, -0.2) is 9.78 Å². The average molecular weight is 295 g/mol. The first kappa shape index (κ1) is 11.9. The molecule has 17 heavy (non-hydrogen) atoms. The summed E-state index contributed by atoms with van der Waals surface area (Å²) in [7, 11) is 0. The Bertz CT molecular complexity index is 563. The summed E-state index contributed by atoms with van der Waals surface area (Å²) < 4.78 is 2.83. The van der Waals surface area contributed by atoms with E-state index in [1.165, 1.54) is 0 Å². The summed E-state index contributed by atoms with van der Waals surface area (Å²) in [6.45, 7) is 2.41. The second-order valence-electron chi connectivity index (χ2n) is 3.74. The summed E-state index contributed by atoms with van der Waals surface area (Å²) in [4.78, 5) is 14.8. The van der Waals surface area contributed by atoms with Gasteiger partial charge in [0.15, 0.2) is 5.69 Å². The summed E-state index contributed by atoms with van der Waals surface area (Å²) in [6, 6.07) is 7.89. The minimum absolute atomic E-state index is 0.0810. The van der Waals surface area contributed by atoms with Gasteiger partial charge in [-0.2, -0.15) is 0 Å². The molecule has 0 atom stereocenters. The van der Waals surface area contributed by atoms with Crippen LogP contribution in [0.25, 0.3) is 0 Å². The van der Waals surface area contributed by atoms with Gasteiger partial charge in [0, 0.05) is 17.2 Å². The molecule has 0 unspecified atom stereocenters. The van der Waals surface area contributed by atoms with Crippen LogP contribution in [0, 0.1) is 6.92 Å². The topological polar surface area (TPSA) is 55.1 Å². The van der Waals surface area contributed by atoms with Gasteiger partial charge in [0.1, 0.15) is 5.82 Å². The molecule has 2 rings (SSSR count). The van der Waals surface area contributed by atoms with E-state index in [4.69, 9.17) is 5.11 Å². The Balaban J connectivity index is 2.27. The first-order valence-electron chi connectivity index (χ1n) is 5.08. The van der Waals surface area contributed by atoms with Crippen molar-refractivity contribution in [2.24, 2.45) is 0 Å². The van der Waals surface area contributed by atoms with E-state index >= 15 is 0 Å². The van der Waals surface area contributed by atoms with Crippen LogP contribution in [0.4, 0.5) is 0 Å². The Labute approximate surface area is 107 Å². The maximum Gasteiger partial charge on any atom is 0.356 e. The number of nitrogens with zero attached hydrogens (tertiary/aromatic N) is 2. The van der Waals surface area contributed by atoms with E-state index in [0.29, 0.717) is 12.4 Å². The number of hydrogen-bond acceptors (Lipinski definition) is 2. The lowest BCUT2D eigenvalue weighted by Gasteiger charge is -2.05. The van der Waals surface area contributed by atoms with Crippen molar-refractivity contribution >= 4 is 21.9 Å². The number of aryl methyl sites for hydroxylation is 1. The minimum atomic E-state index is -0.999. The predicted octanol–water partition coefficient (Wildman–Crippen LogP) is 2.70. The molecule has 2 aromatic rings. The molecule has 0 fully saturated rings. The van der Waals surface area contributed by atoms with Gasteiger partial charge in [0.25, 0.3) is 0 Å². The van der Waals surface area contributed by atoms with Gasteiger partial charge in [-0.1, -0.05) is 28.1 Å². The molecule has 88 valence electrons. The second-order valence-corrected chi connectivity index (χ2v) is 4.65. The molecule has 0 saturated heterocycles. The third kappa shape index (κ3) is 2.74. The van der Waals surface area contributed by atoms with Crippen LogP contribution in [0.2, 0.25) is 0 Å². The van der Waals surface area contributed by atoms with Crippen molar-refractivity contribution in [3.8, 4) is 0 Å². The summed E-state index contributed by atoms with van der Waals surface area (Å²) in [5.74, 6) is -0.302. The van der Waals surface area contributed by atoms with Gasteiger partial charge in [0.2, 0.25) is 0 Å². The number of benzene rings is 1. The van der Waals surface area contributed by atoms with E-state index in [9.17, 15) is 4.79 Å². The zero-order valence-corrected chi connectivity index (χ0v) is 10.8. The SMILES string of the molecule is Cc1nc(C(=O)O)cn1Cc1cccc(Br)c1. The minimum Gasteiger partial charge on any atom is -0.476 e. The van der Waals surface area contributed by atoms with Crippen LogP contribution < -0.4 is 0 Å². The van der Waals surface area contributed by atoms with Crippen LogP contribution in [0.1, 0.15) is 21.9 Å². The van der Waals surface area contributed by atoms with Crippen molar-refractivity contribution < 1.29 is 9.90 Å². The van der Waals surface area contributed by atoms with E-state index in [1.807, 2.05) is 28.8 Å². The summed E-state index contributed by atoms with van der Waals surface area (Å²) in [5.41, 5.74) is 1.18. The maximum absolute atomic E-state index is 10.8. The molecule has 0 amide bonds. The monoisotopic (exact) mass is 294 g/mol. The maximum atomic E-state index is 10.8. The van der Waals surface area contributed by atoms with Gasteiger partial charge >= 0.3 is 5.97 Å². The molecule has 0 saturated carbocycles. The van der Waals surface area contributed by atoms with Crippen molar-refractivity contribution in [3.63, 3.8) is 0 Å². The Morgan fingerprint density at radius 1 is 1.53 bits per heavy atom. The molecular formula is C12H11BrN2O2. The van der Waals surface area contributed by atoms with Crippen molar-refractivity contribution in [2.45, 2.75) is 13.5 Å². The van der Waals surface area contributed by atoms with E-state index in [-0.39, 0.29) is 5.69 Å². The number of aromatic nitrogens is 2. The Morgan fingerprint density at radius 2 is 2.29 bits per heavy atom. The van der Waals surface area contributed by atoms with E-state index in [1.54, 1.807) is 13.1 Å². The highest BCUT2D eigenvalue weighted by Gasteiger charge is 2.10. The molecule has 1 heterocycles. The smallest absolute Gasteiger partial charge is 0.356 e. The Hall–Kier alpha value is -1.62. The number of carboxylic acids is 1. The fourth-order valence-corrected chi connectivity index (χ4v) is 2.05. The number of carboxylic acid groups (broad SMARTS) is 1. The van der Waals surface area contributed by atoms with Crippen LogP contribution >= 0.6 is 15.9 Å². The van der Waals surface area contributed by atoms with Crippen molar-refractivity contribution in [1.29, 1.82) is 0 Å². The summed E-state index contributed by atoms with van der Waals surface area (Å²) in [6.07, 6.45) is 1.55. The lowest BCUT2D eigenvalue weighted by Crippen LogP contribution is -2.00. The van der Waals surface area contributed by atoms with Crippen molar-refractivity contribution in [2.75, 3.05) is 0 Å². The molecule has 0 radical (unpaired) electrons. The van der Waals surface area contributed by atoms with Crippen LogP contribution in [-0.4, -0.2) is 20.6 Å². The van der Waals surface area contributed by atoms with Gasteiger partial charge in [0.05, 0.1) is 0 Å². The Kier molecular flexibility index (Phi) is 3.28. The molecule has 0 spiro atoms. The summed E-state index contributed by atoms with van der Waals surface area (Å²) >= 11 is 3.40. The molecule has 5 heteroatoms. The van der Waals surface area contributed by atoms with Crippen LogP contribution in [0.5, 0.6) is 0 Å². The lowest BCUT2D eigenvalue weighted by atomic mass is 10.2. The predicted molar refractivity (Wildman–Crippen MR) is 67.2 cm³/mol. The lowest BCUT2D eigenvalue weighted by molar-refractivity contribution is 0.0691. The number of aromatic carboxylic acids is 1. The zero-order chi connectivity index (χ0) is 12.4. The van der Waals surface area contributed by atoms with Crippen molar-refractivity contribution in [1.82, 2.24) is 9.55 Å². The molecule has 0 aliphatic carbocycles. The van der Waals surface area contributed by atoms with Crippen molar-refractivity contribution in [3.05, 3.63) is 52.0 Å². The van der Waals surface area contributed by atoms with E-state index < -0.39 is 5.97 Å². The Morgan fingerprint density at radius 3 is 2.88 bits per heavy atom. The van der Waals surface area contributed by atoms with Crippen LogP contribution in [0.15, 0.2) is 34.9 Å². The first-order chi connectivity index (χ1) is 8.06. The highest BCUT2D eigenvalue weighted by Crippen LogP contribution is 2.14. The average Bonchev–Trinajstić information content (AvgIpc) is 2.61. The molecule has 0 aliphatic rings. The third-order valence-electron chi connectivity index (χ3n) is 2.44. The molecule has 1 aromatic carbocycles. The third-order valence-corrected chi connectivity index (χ3v) is 2.93. The van der Waals surface area contributed by atoms with Crippen LogP contribution in [0.3, 0.4) is 0 Å². The van der Waals surface area contributed by atoms with Gasteiger partial charge in [-0.05, 0) is 24.6 Å². The highest BCUT2D eigenvalue weighted by molar-refractivity contribution is 9.10. The normalized spacial score (nSPS) is 10.5. The number of hydrogen-bond donors (Lipinski definition) is 1. The van der Waals surface area contributed by atoms with Gasteiger partial charge in [-0.3, -0.25) is 0 Å². The number of halogens is 1. The van der Waals surface area contributed by atoms with E-state index in [2.05, 4.69) is 20.9 Å².